The van der Waals surface area contributed by atoms with Gasteiger partial charge < -0.3 is 31.1 Å². The number of hydrogen-bond donors (Lipinski definition) is 6. The van der Waals surface area contributed by atoms with Gasteiger partial charge in [-0.2, -0.15) is 0 Å². The maximum absolute atomic E-state index is 12.2. The first-order valence-corrected chi connectivity index (χ1v) is 15.3. The highest BCUT2D eigenvalue weighted by Crippen LogP contribution is 2.20. The van der Waals surface area contributed by atoms with Gasteiger partial charge in [0.25, 0.3) is 0 Å². The molecule has 42 heavy (non-hydrogen) atoms. The summed E-state index contributed by atoms with van der Waals surface area (Å²) in [4.78, 5) is 36.0. The van der Waals surface area contributed by atoms with Crippen LogP contribution in [0.1, 0.15) is 66.2 Å². The Morgan fingerprint density at radius 3 is 2.29 bits per heavy atom. The van der Waals surface area contributed by atoms with Crippen LogP contribution < -0.4 is 10.6 Å². The average molecular weight is 609 g/mol. The molecular formula is C32H52N2O7S. The van der Waals surface area contributed by atoms with Crippen LogP contribution in [0.15, 0.2) is 60.8 Å². The van der Waals surface area contributed by atoms with Crippen molar-refractivity contribution in [3.05, 3.63) is 60.8 Å². The van der Waals surface area contributed by atoms with Gasteiger partial charge in [0.05, 0.1) is 18.8 Å². The number of aliphatic hydroxyl groups excluding tert-OH is 4. The van der Waals surface area contributed by atoms with Gasteiger partial charge in [-0.1, -0.05) is 94.6 Å². The van der Waals surface area contributed by atoms with Crippen molar-refractivity contribution < 1.29 is 34.8 Å². The number of nitrogens with one attached hydrogen (secondary N) is 2. The van der Waals surface area contributed by atoms with Crippen molar-refractivity contribution in [3.8, 4) is 0 Å². The van der Waals surface area contributed by atoms with E-state index in [2.05, 4.69) is 30.4 Å². The standard InChI is InChI=1S/C32H52N2O7S/c1-8-22(2)18-26(36)20-27(37)25(5)13-12-23(3)10-9-11-24(4)19-29(39)42-17-16-33-28(38)14-15-34-31(41)30(40)32(6,7)21-35/h9,11-13,25-27,30,35-37,40H,2-4,8,10,14-21H2,1,5-7H3,(H,33,38)(H,34,41). The lowest BCUT2D eigenvalue weighted by atomic mass is 9.87. The largest absolute Gasteiger partial charge is 0.396 e. The van der Waals surface area contributed by atoms with E-state index in [1.54, 1.807) is 19.9 Å². The minimum Gasteiger partial charge on any atom is -0.396 e. The molecule has 0 saturated heterocycles. The molecule has 0 aromatic rings. The van der Waals surface area contributed by atoms with Crippen LogP contribution in [0.2, 0.25) is 0 Å². The fourth-order valence-electron chi connectivity index (χ4n) is 3.49. The zero-order valence-electron chi connectivity index (χ0n) is 25.7. The molecule has 0 fully saturated rings. The van der Waals surface area contributed by atoms with Crippen molar-refractivity contribution in [2.24, 2.45) is 11.3 Å². The van der Waals surface area contributed by atoms with E-state index in [1.807, 2.05) is 32.1 Å². The molecule has 0 aliphatic heterocycles. The summed E-state index contributed by atoms with van der Waals surface area (Å²) in [5.74, 6) is -0.687. The lowest BCUT2D eigenvalue weighted by Crippen LogP contribution is -2.46. The SMILES string of the molecule is C=C(C=CC(C)C(O)CC(O)CC(=C)CC)CC=CC(=C)CC(=O)SCCNC(=O)CCNC(=O)C(O)C(C)(C)CO. The number of carbonyl (C=O) groups is 3. The Labute approximate surface area is 255 Å². The smallest absolute Gasteiger partial charge is 0.249 e. The molecule has 0 bridgehead atoms. The zero-order valence-corrected chi connectivity index (χ0v) is 26.5. The van der Waals surface area contributed by atoms with E-state index in [0.717, 1.165) is 29.3 Å². The van der Waals surface area contributed by atoms with Gasteiger partial charge in [-0.15, -0.1) is 0 Å². The van der Waals surface area contributed by atoms with Crippen LogP contribution in [0.3, 0.4) is 0 Å². The molecule has 0 aliphatic rings. The van der Waals surface area contributed by atoms with Crippen LogP contribution in [0.25, 0.3) is 0 Å². The Hall–Kier alpha value is -2.50. The monoisotopic (exact) mass is 608 g/mol. The molecule has 0 spiro atoms. The summed E-state index contributed by atoms with van der Waals surface area (Å²) >= 11 is 1.10. The van der Waals surface area contributed by atoms with Crippen molar-refractivity contribution in [1.29, 1.82) is 0 Å². The molecule has 0 heterocycles. The molecule has 0 aromatic carbocycles. The highest BCUT2D eigenvalue weighted by atomic mass is 32.2. The second-order valence-electron chi connectivity index (χ2n) is 11.2. The number of aliphatic hydroxyl groups is 4. The van der Waals surface area contributed by atoms with E-state index in [1.165, 1.54) is 0 Å². The van der Waals surface area contributed by atoms with Gasteiger partial charge >= 0.3 is 0 Å². The molecule has 6 N–H and O–H groups in total. The first kappa shape index (κ1) is 39.5. The van der Waals surface area contributed by atoms with Crippen molar-refractivity contribution in [1.82, 2.24) is 10.6 Å². The Bertz CT molecular complexity index is 974. The summed E-state index contributed by atoms with van der Waals surface area (Å²) in [5, 5.41) is 44.7. The van der Waals surface area contributed by atoms with Crippen LogP contribution in [-0.4, -0.2) is 81.1 Å². The second-order valence-corrected chi connectivity index (χ2v) is 12.4. The molecule has 0 aromatic heterocycles. The topological polar surface area (TPSA) is 156 Å². The Balaban J connectivity index is 4.19. The van der Waals surface area contributed by atoms with Gasteiger partial charge in [-0.3, -0.25) is 14.4 Å². The molecule has 0 aliphatic carbocycles. The Morgan fingerprint density at radius 1 is 1.00 bits per heavy atom. The Morgan fingerprint density at radius 2 is 1.67 bits per heavy atom. The van der Waals surface area contributed by atoms with Crippen LogP contribution in [0.4, 0.5) is 0 Å². The summed E-state index contributed by atoms with van der Waals surface area (Å²) in [6.07, 6.45) is 7.05. The van der Waals surface area contributed by atoms with Crippen LogP contribution in [0, 0.1) is 11.3 Å². The third-order valence-corrected chi connectivity index (χ3v) is 7.49. The fourth-order valence-corrected chi connectivity index (χ4v) is 4.21. The van der Waals surface area contributed by atoms with E-state index < -0.39 is 29.6 Å². The first-order valence-electron chi connectivity index (χ1n) is 14.3. The Kier molecular flexibility index (Phi) is 20.0. The summed E-state index contributed by atoms with van der Waals surface area (Å²) in [5.41, 5.74) is 1.47. The molecule has 0 radical (unpaired) electrons. The normalized spacial score (nSPS) is 14.8. The van der Waals surface area contributed by atoms with Crippen LogP contribution in [0.5, 0.6) is 0 Å². The number of carbonyl (C=O) groups excluding carboxylic acids is 3. The number of rotatable bonds is 22. The van der Waals surface area contributed by atoms with Gasteiger partial charge in [0.15, 0.2) is 5.12 Å². The summed E-state index contributed by atoms with van der Waals surface area (Å²) in [6.45, 7) is 18.8. The van der Waals surface area contributed by atoms with Gasteiger partial charge in [0.2, 0.25) is 11.8 Å². The number of hydrogen-bond acceptors (Lipinski definition) is 8. The molecule has 0 saturated carbocycles. The molecule has 4 unspecified atom stereocenters. The lowest BCUT2D eigenvalue weighted by molar-refractivity contribution is -0.137. The lowest BCUT2D eigenvalue weighted by Gasteiger charge is -2.27. The zero-order chi connectivity index (χ0) is 32.3. The molecule has 4 atom stereocenters. The third kappa shape index (κ3) is 18.1. The average Bonchev–Trinajstić information content (AvgIpc) is 2.93. The fraction of sp³-hybridized carbons (Fsp3) is 0.594. The highest BCUT2D eigenvalue weighted by Gasteiger charge is 2.32. The van der Waals surface area contributed by atoms with Gasteiger partial charge in [0.1, 0.15) is 6.10 Å². The molecule has 0 rings (SSSR count). The van der Waals surface area contributed by atoms with E-state index in [4.69, 9.17) is 0 Å². The van der Waals surface area contributed by atoms with Crippen molar-refractivity contribution in [2.75, 3.05) is 25.4 Å². The quantitative estimate of drug-likeness (QED) is 0.0621. The predicted molar refractivity (Wildman–Crippen MR) is 171 cm³/mol. The minimum atomic E-state index is -1.38. The van der Waals surface area contributed by atoms with E-state index >= 15 is 0 Å². The number of allylic oxidation sites excluding steroid dienone is 5. The third-order valence-electron chi connectivity index (χ3n) is 6.62. The van der Waals surface area contributed by atoms with Crippen molar-refractivity contribution in [3.63, 3.8) is 0 Å². The molecule has 2 amide bonds. The van der Waals surface area contributed by atoms with Crippen molar-refractivity contribution >= 4 is 28.7 Å². The maximum Gasteiger partial charge on any atom is 0.249 e. The minimum absolute atomic E-state index is 0.0247. The maximum atomic E-state index is 12.2. The van der Waals surface area contributed by atoms with Gasteiger partial charge in [-0.25, -0.2) is 0 Å². The van der Waals surface area contributed by atoms with Gasteiger partial charge in [-0.05, 0) is 24.8 Å². The van der Waals surface area contributed by atoms with E-state index in [0.29, 0.717) is 24.2 Å². The molecule has 238 valence electrons. The molecule has 10 heteroatoms. The summed E-state index contributed by atoms with van der Waals surface area (Å²) in [6, 6.07) is 0. The molecule has 9 nitrogen and oxygen atoms in total. The number of amides is 2. The highest BCUT2D eigenvalue weighted by molar-refractivity contribution is 8.13. The predicted octanol–water partition coefficient (Wildman–Crippen LogP) is 3.36. The van der Waals surface area contributed by atoms with E-state index in [9.17, 15) is 34.8 Å². The first-order chi connectivity index (χ1) is 19.6. The van der Waals surface area contributed by atoms with Gasteiger partial charge in [0, 0.05) is 49.4 Å². The molecular weight excluding hydrogens is 556 g/mol. The van der Waals surface area contributed by atoms with Crippen LogP contribution in [-0.2, 0) is 14.4 Å². The number of thioether (sulfide) groups is 1. The van der Waals surface area contributed by atoms with Crippen molar-refractivity contribution in [2.45, 2.75) is 84.5 Å². The second kappa shape index (κ2) is 21.2. The summed E-state index contributed by atoms with van der Waals surface area (Å²) < 4.78 is 0. The van der Waals surface area contributed by atoms with Crippen LogP contribution >= 0.6 is 11.8 Å². The summed E-state index contributed by atoms with van der Waals surface area (Å²) in [7, 11) is 0. The van der Waals surface area contributed by atoms with E-state index in [-0.39, 0.29) is 55.9 Å².